The van der Waals surface area contributed by atoms with Crippen LogP contribution in [-0.2, 0) is 29.8 Å². The van der Waals surface area contributed by atoms with E-state index < -0.39 is 25.5 Å². The van der Waals surface area contributed by atoms with Crippen LogP contribution in [0.4, 0.5) is 0 Å². The maximum absolute atomic E-state index is 13.2. The molecule has 3 unspecified atom stereocenters. The number of nitrogens with two attached hydrogens (primary N) is 1. The Hall–Kier alpha value is -1.77. The second-order valence-corrected chi connectivity index (χ2v) is 9.62. The third kappa shape index (κ3) is 8.71. The summed E-state index contributed by atoms with van der Waals surface area (Å²) >= 11 is 0. The number of benzene rings is 1. The minimum atomic E-state index is -4.48. The lowest BCUT2D eigenvalue weighted by molar-refractivity contribution is -0.145. The molecular weight excluding hydrogens is 423 g/mol. The van der Waals surface area contributed by atoms with E-state index in [-0.39, 0.29) is 24.7 Å². The first-order valence-electron chi connectivity index (χ1n) is 10.7. The van der Waals surface area contributed by atoms with Crippen molar-refractivity contribution in [2.24, 2.45) is 11.7 Å². The first-order chi connectivity index (χ1) is 14.8. The van der Waals surface area contributed by atoms with Gasteiger partial charge in [-0.15, -0.1) is 0 Å². The predicted molar refractivity (Wildman–Crippen MR) is 115 cm³/mol. The van der Waals surface area contributed by atoms with Crippen molar-refractivity contribution in [3.8, 4) is 0 Å². The molecule has 1 amide bonds. The Labute approximate surface area is 182 Å². The highest BCUT2D eigenvalue weighted by Crippen LogP contribution is 2.52. The molecule has 1 saturated heterocycles. The zero-order valence-electron chi connectivity index (χ0n) is 17.7. The fourth-order valence-electron chi connectivity index (χ4n) is 3.58. The molecule has 0 bridgehead atoms. The van der Waals surface area contributed by atoms with Crippen LogP contribution in [0.15, 0.2) is 30.3 Å². The molecule has 0 saturated carbocycles. The Balaban J connectivity index is 2.08. The lowest BCUT2D eigenvalue weighted by atomic mass is 10.00. The van der Waals surface area contributed by atoms with Gasteiger partial charge in [0, 0.05) is 19.6 Å². The summed E-state index contributed by atoms with van der Waals surface area (Å²) in [7, 11) is -4.48. The molecule has 0 radical (unpaired) electrons. The summed E-state index contributed by atoms with van der Waals surface area (Å²) in [5.74, 6) is -3.22. The molecule has 1 heterocycles. The number of aryl methyl sites for hydroxylation is 1. The maximum Gasteiger partial charge on any atom is 0.351 e. The molecule has 9 nitrogen and oxygen atoms in total. The van der Waals surface area contributed by atoms with Gasteiger partial charge in [0.25, 0.3) is 0 Å². The number of nitrogens with one attached hydrogen (secondary N) is 1. The summed E-state index contributed by atoms with van der Waals surface area (Å²) in [6.45, 7) is 1.20. The molecule has 3 atom stereocenters. The second kappa shape index (κ2) is 12.9. The molecule has 2 rings (SSSR count). The molecule has 1 aliphatic heterocycles. The van der Waals surface area contributed by atoms with E-state index in [1.807, 2.05) is 30.3 Å². The van der Waals surface area contributed by atoms with Crippen molar-refractivity contribution in [1.29, 1.82) is 0 Å². The number of amides is 1. The van der Waals surface area contributed by atoms with E-state index in [9.17, 15) is 24.2 Å². The second-order valence-electron chi connectivity index (χ2n) is 7.73. The summed E-state index contributed by atoms with van der Waals surface area (Å²) in [4.78, 5) is 34.9. The van der Waals surface area contributed by atoms with Crippen LogP contribution in [0, 0.1) is 5.92 Å². The number of aliphatic carboxylic acids is 1. The van der Waals surface area contributed by atoms with Gasteiger partial charge in [0.15, 0.2) is 6.10 Å². The van der Waals surface area contributed by atoms with Gasteiger partial charge in [0.1, 0.15) is 5.78 Å². The third-order valence-electron chi connectivity index (χ3n) is 5.33. The minimum absolute atomic E-state index is 0.0690. The standard InChI is InChI=1S/C21H33N2O7P/c22-13-5-4-8-18(21(25)26)30-31(27,28)20(17-11-14-29-15-12-17)23-19(24)10-9-16-6-2-1-3-7-16/h1-3,6-7,17-18,20H,4-5,8-15,22H2,(H,23,24)(H,25,26)(H,27,28). The molecule has 1 aromatic rings. The molecule has 1 fully saturated rings. The SMILES string of the molecule is NCCCCC(OP(=O)(O)C(NC(=O)CCc1ccccc1)C1CCOCC1)C(=O)O. The molecule has 1 aromatic carbocycles. The van der Waals surface area contributed by atoms with Crippen LogP contribution in [0.1, 0.15) is 44.1 Å². The molecular formula is C21H33N2O7P. The number of ether oxygens (including phenoxy) is 1. The number of carbonyl (C=O) groups is 2. The molecule has 174 valence electrons. The third-order valence-corrected chi connectivity index (χ3v) is 7.14. The van der Waals surface area contributed by atoms with E-state index in [0.717, 1.165) is 5.56 Å². The van der Waals surface area contributed by atoms with Gasteiger partial charge in [-0.25, -0.2) is 4.79 Å². The van der Waals surface area contributed by atoms with Crippen LogP contribution in [-0.4, -0.2) is 53.5 Å². The van der Waals surface area contributed by atoms with E-state index in [2.05, 4.69) is 5.32 Å². The van der Waals surface area contributed by atoms with E-state index in [1.165, 1.54) is 0 Å². The van der Waals surface area contributed by atoms with Gasteiger partial charge in [-0.05, 0) is 56.6 Å². The average molecular weight is 456 g/mol. The van der Waals surface area contributed by atoms with Gasteiger partial charge in [0.05, 0.1) is 0 Å². The largest absolute Gasteiger partial charge is 0.479 e. The number of hydrogen-bond donors (Lipinski definition) is 4. The van der Waals surface area contributed by atoms with Gasteiger partial charge in [0.2, 0.25) is 5.91 Å². The highest BCUT2D eigenvalue weighted by Gasteiger charge is 2.43. The monoisotopic (exact) mass is 456 g/mol. The van der Waals surface area contributed by atoms with Crippen LogP contribution in [0.2, 0.25) is 0 Å². The minimum Gasteiger partial charge on any atom is -0.479 e. The van der Waals surface area contributed by atoms with Crippen molar-refractivity contribution in [2.75, 3.05) is 19.8 Å². The molecule has 31 heavy (non-hydrogen) atoms. The normalized spacial score (nSPS) is 18.6. The zero-order valence-corrected chi connectivity index (χ0v) is 18.5. The Morgan fingerprint density at radius 3 is 2.52 bits per heavy atom. The fraction of sp³-hybridized carbons (Fsp3) is 0.619. The van der Waals surface area contributed by atoms with Crippen LogP contribution >= 0.6 is 7.60 Å². The van der Waals surface area contributed by atoms with Crippen molar-refractivity contribution >= 4 is 19.5 Å². The van der Waals surface area contributed by atoms with Crippen molar-refractivity contribution in [2.45, 2.75) is 56.8 Å². The lowest BCUT2D eigenvalue weighted by Crippen LogP contribution is -2.43. The van der Waals surface area contributed by atoms with E-state index in [1.54, 1.807) is 0 Å². The van der Waals surface area contributed by atoms with E-state index in [0.29, 0.717) is 51.9 Å². The quantitative estimate of drug-likeness (QED) is 0.261. The van der Waals surface area contributed by atoms with Crippen molar-refractivity contribution in [1.82, 2.24) is 5.32 Å². The van der Waals surface area contributed by atoms with Crippen LogP contribution in [0.25, 0.3) is 0 Å². The Kier molecular flexibility index (Phi) is 10.6. The van der Waals surface area contributed by atoms with E-state index >= 15 is 0 Å². The molecule has 10 heteroatoms. The zero-order chi connectivity index (χ0) is 22.7. The number of carbonyl (C=O) groups excluding carboxylic acids is 1. The summed E-state index contributed by atoms with van der Waals surface area (Å²) in [6, 6.07) is 9.45. The molecule has 0 spiro atoms. The van der Waals surface area contributed by atoms with Gasteiger partial charge >= 0.3 is 13.6 Å². The Bertz CT molecular complexity index is 741. The summed E-state index contributed by atoms with van der Waals surface area (Å²) in [6.07, 6.45) is 1.25. The fourth-order valence-corrected chi connectivity index (χ4v) is 5.41. The predicted octanol–water partition coefficient (Wildman–Crippen LogP) is 2.27. The Morgan fingerprint density at radius 2 is 1.90 bits per heavy atom. The van der Waals surface area contributed by atoms with Gasteiger partial charge in [-0.3, -0.25) is 13.9 Å². The first-order valence-corrected chi connectivity index (χ1v) is 12.3. The number of hydrogen-bond acceptors (Lipinski definition) is 6. The highest BCUT2D eigenvalue weighted by atomic mass is 31.2. The summed E-state index contributed by atoms with van der Waals surface area (Å²) in [5.41, 5.74) is 6.42. The number of unbranched alkanes of at least 4 members (excludes halogenated alkanes) is 1. The first kappa shape index (κ1) is 25.5. The molecule has 0 aliphatic carbocycles. The summed E-state index contributed by atoms with van der Waals surface area (Å²) in [5, 5.41) is 12.1. The van der Waals surface area contributed by atoms with Crippen LogP contribution in [0.5, 0.6) is 0 Å². The molecule has 0 aromatic heterocycles. The van der Waals surface area contributed by atoms with Gasteiger partial charge < -0.3 is 25.8 Å². The van der Waals surface area contributed by atoms with Crippen molar-refractivity contribution < 1.29 is 33.4 Å². The molecule has 1 aliphatic rings. The average Bonchev–Trinajstić information content (AvgIpc) is 2.76. The van der Waals surface area contributed by atoms with Crippen LogP contribution < -0.4 is 11.1 Å². The maximum atomic E-state index is 13.2. The number of rotatable bonds is 13. The lowest BCUT2D eigenvalue weighted by Gasteiger charge is -2.34. The summed E-state index contributed by atoms with van der Waals surface area (Å²) < 4.78 is 23.7. The molecule has 5 N–H and O–H groups in total. The van der Waals surface area contributed by atoms with E-state index in [4.69, 9.17) is 15.0 Å². The smallest absolute Gasteiger partial charge is 0.351 e. The van der Waals surface area contributed by atoms with Crippen molar-refractivity contribution in [3.05, 3.63) is 35.9 Å². The van der Waals surface area contributed by atoms with Crippen LogP contribution in [0.3, 0.4) is 0 Å². The Morgan fingerprint density at radius 1 is 1.23 bits per heavy atom. The van der Waals surface area contributed by atoms with Crippen molar-refractivity contribution in [3.63, 3.8) is 0 Å². The number of carboxylic acid groups (broad SMARTS) is 1. The highest BCUT2D eigenvalue weighted by molar-refractivity contribution is 7.53. The topological polar surface area (TPSA) is 148 Å². The van der Waals surface area contributed by atoms with Gasteiger partial charge in [-0.2, -0.15) is 0 Å². The number of carboxylic acids is 1. The van der Waals surface area contributed by atoms with Gasteiger partial charge in [-0.1, -0.05) is 30.3 Å².